The first kappa shape index (κ1) is 16.6. The van der Waals surface area contributed by atoms with Crippen LogP contribution in [0.5, 0.6) is 0 Å². The van der Waals surface area contributed by atoms with Crippen molar-refractivity contribution in [2.45, 2.75) is 18.3 Å². The Kier molecular flexibility index (Phi) is 5.65. The zero-order valence-corrected chi connectivity index (χ0v) is 12.8. The minimum Gasteiger partial charge on any atom is -0.391 e. The first-order valence-electron chi connectivity index (χ1n) is 6.88. The molecule has 0 saturated heterocycles. The van der Waals surface area contributed by atoms with Gasteiger partial charge in [-0.2, -0.15) is 0 Å². The van der Waals surface area contributed by atoms with Crippen LogP contribution in [-0.2, 0) is 22.2 Å². The summed E-state index contributed by atoms with van der Waals surface area (Å²) in [6, 6.07) is 14.8. The Morgan fingerprint density at radius 1 is 1.05 bits per heavy atom. The van der Waals surface area contributed by atoms with E-state index in [0.29, 0.717) is 12.0 Å². The molecule has 2 N–H and O–H groups in total. The smallest absolute Gasteiger partial charge is 0.215 e. The van der Waals surface area contributed by atoms with Crippen LogP contribution in [0.4, 0.5) is 4.39 Å². The van der Waals surface area contributed by atoms with Crippen molar-refractivity contribution in [2.24, 2.45) is 0 Å². The quantitative estimate of drug-likeness (QED) is 0.817. The summed E-state index contributed by atoms with van der Waals surface area (Å²) >= 11 is 0. The molecule has 2 rings (SSSR count). The van der Waals surface area contributed by atoms with Crippen LogP contribution in [0.15, 0.2) is 54.6 Å². The van der Waals surface area contributed by atoms with Crippen molar-refractivity contribution >= 4 is 10.0 Å². The van der Waals surface area contributed by atoms with E-state index in [1.807, 2.05) is 30.3 Å². The maximum Gasteiger partial charge on any atom is 0.215 e. The molecule has 0 bridgehead atoms. The first-order valence-corrected chi connectivity index (χ1v) is 8.53. The lowest BCUT2D eigenvalue weighted by molar-refractivity contribution is 0.179. The van der Waals surface area contributed by atoms with Crippen LogP contribution in [-0.4, -0.2) is 26.2 Å². The maximum atomic E-state index is 13.0. The lowest BCUT2D eigenvalue weighted by Crippen LogP contribution is -2.34. The summed E-state index contributed by atoms with van der Waals surface area (Å²) in [6.45, 7) is -0.0768. The Bertz CT molecular complexity index is 704. The molecular weight excluding hydrogens is 305 g/mol. The summed E-state index contributed by atoms with van der Waals surface area (Å²) < 4.78 is 39.2. The van der Waals surface area contributed by atoms with Gasteiger partial charge in [-0.05, 0) is 29.7 Å². The van der Waals surface area contributed by atoms with Crippen molar-refractivity contribution in [2.75, 3.05) is 6.54 Å². The number of halogens is 1. The van der Waals surface area contributed by atoms with Crippen LogP contribution in [0, 0.1) is 5.82 Å². The van der Waals surface area contributed by atoms with Gasteiger partial charge in [-0.3, -0.25) is 0 Å². The van der Waals surface area contributed by atoms with Crippen LogP contribution in [0.25, 0.3) is 0 Å². The average molecular weight is 323 g/mol. The number of hydrogen-bond acceptors (Lipinski definition) is 3. The fourth-order valence-electron chi connectivity index (χ4n) is 2.08. The summed E-state index contributed by atoms with van der Waals surface area (Å²) in [5, 5.41) is 9.89. The number of sulfonamides is 1. The van der Waals surface area contributed by atoms with Crippen LogP contribution < -0.4 is 4.72 Å². The Morgan fingerprint density at radius 2 is 1.73 bits per heavy atom. The molecule has 118 valence electrons. The van der Waals surface area contributed by atoms with Gasteiger partial charge in [0, 0.05) is 6.54 Å². The van der Waals surface area contributed by atoms with Gasteiger partial charge >= 0.3 is 0 Å². The summed E-state index contributed by atoms with van der Waals surface area (Å²) in [7, 11) is -3.62. The predicted octanol–water partition coefficient (Wildman–Crippen LogP) is 1.85. The second-order valence-corrected chi connectivity index (χ2v) is 6.89. The zero-order chi connectivity index (χ0) is 16.0. The second kappa shape index (κ2) is 7.49. The Morgan fingerprint density at radius 3 is 2.41 bits per heavy atom. The van der Waals surface area contributed by atoms with Crippen molar-refractivity contribution in [1.29, 1.82) is 0 Å². The molecule has 2 aromatic rings. The lowest BCUT2D eigenvalue weighted by Gasteiger charge is -2.12. The van der Waals surface area contributed by atoms with Crippen molar-refractivity contribution in [1.82, 2.24) is 4.72 Å². The highest BCUT2D eigenvalue weighted by molar-refractivity contribution is 7.88. The van der Waals surface area contributed by atoms with Crippen molar-refractivity contribution in [3.05, 3.63) is 71.5 Å². The van der Waals surface area contributed by atoms with E-state index in [0.717, 1.165) is 5.56 Å². The highest BCUT2D eigenvalue weighted by Crippen LogP contribution is 2.08. The van der Waals surface area contributed by atoms with E-state index in [4.69, 9.17) is 0 Å². The molecule has 6 heteroatoms. The topological polar surface area (TPSA) is 66.4 Å². The maximum absolute atomic E-state index is 13.0. The third-order valence-corrected chi connectivity index (χ3v) is 4.42. The van der Waals surface area contributed by atoms with Crippen LogP contribution in [0.3, 0.4) is 0 Å². The third kappa shape index (κ3) is 5.55. The molecule has 0 amide bonds. The molecule has 4 nitrogen and oxygen atoms in total. The van der Waals surface area contributed by atoms with Gasteiger partial charge in [0.25, 0.3) is 0 Å². The number of aliphatic hydroxyl groups is 1. The second-order valence-electron chi connectivity index (χ2n) is 5.08. The number of rotatable bonds is 7. The summed E-state index contributed by atoms with van der Waals surface area (Å²) in [5.74, 6) is -0.792. The Hall–Kier alpha value is -1.76. The number of benzene rings is 2. The third-order valence-electron chi connectivity index (χ3n) is 3.10. The fourth-order valence-corrected chi connectivity index (χ4v) is 3.25. The van der Waals surface area contributed by atoms with Crippen molar-refractivity contribution in [3.8, 4) is 0 Å². The van der Waals surface area contributed by atoms with Gasteiger partial charge in [0.2, 0.25) is 10.0 Å². The molecule has 1 unspecified atom stereocenters. The largest absolute Gasteiger partial charge is 0.391 e. The highest BCUT2D eigenvalue weighted by atomic mass is 32.2. The van der Waals surface area contributed by atoms with E-state index in [1.54, 1.807) is 6.07 Å². The normalized spacial score (nSPS) is 13.0. The monoisotopic (exact) mass is 323 g/mol. The molecule has 0 aliphatic heterocycles. The summed E-state index contributed by atoms with van der Waals surface area (Å²) in [5.41, 5.74) is 1.30. The molecule has 0 fully saturated rings. The Balaban J connectivity index is 1.87. The molecule has 0 aliphatic rings. The molecule has 22 heavy (non-hydrogen) atoms. The molecular formula is C16H18FNO3S. The van der Waals surface area contributed by atoms with Gasteiger partial charge in [-0.15, -0.1) is 0 Å². The van der Waals surface area contributed by atoms with Gasteiger partial charge < -0.3 is 5.11 Å². The van der Waals surface area contributed by atoms with E-state index < -0.39 is 21.9 Å². The minimum atomic E-state index is -3.62. The van der Waals surface area contributed by atoms with Gasteiger partial charge in [0.15, 0.2) is 0 Å². The minimum absolute atomic E-state index is 0.0768. The van der Waals surface area contributed by atoms with E-state index in [9.17, 15) is 17.9 Å². The molecule has 0 saturated carbocycles. The van der Waals surface area contributed by atoms with Crippen LogP contribution in [0.2, 0.25) is 0 Å². The van der Waals surface area contributed by atoms with Crippen molar-refractivity contribution in [3.63, 3.8) is 0 Å². The fraction of sp³-hybridized carbons (Fsp3) is 0.250. The predicted molar refractivity (Wildman–Crippen MR) is 83.2 cm³/mol. The number of hydrogen-bond donors (Lipinski definition) is 2. The summed E-state index contributed by atoms with van der Waals surface area (Å²) in [6.07, 6.45) is -0.451. The van der Waals surface area contributed by atoms with Gasteiger partial charge in [-0.1, -0.05) is 42.5 Å². The number of nitrogens with one attached hydrogen (secondary N) is 1. The van der Waals surface area contributed by atoms with E-state index in [2.05, 4.69) is 4.72 Å². The molecule has 0 spiro atoms. The van der Waals surface area contributed by atoms with E-state index in [-0.39, 0.29) is 12.3 Å². The molecule has 2 aromatic carbocycles. The highest BCUT2D eigenvalue weighted by Gasteiger charge is 2.14. The zero-order valence-electron chi connectivity index (χ0n) is 11.9. The molecule has 0 radical (unpaired) electrons. The lowest BCUT2D eigenvalue weighted by atomic mass is 10.1. The van der Waals surface area contributed by atoms with Crippen molar-refractivity contribution < 1.29 is 17.9 Å². The van der Waals surface area contributed by atoms with Crippen LogP contribution in [0.1, 0.15) is 11.1 Å². The molecule has 1 atom stereocenters. The first-order chi connectivity index (χ1) is 10.4. The SMILES string of the molecule is O=S(=O)(Cc1cccc(F)c1)NCC(O)Cc1ccccc1. The summed E-state index contributed by atoms with van der Waals surface area (Å²) in [4.78, 5) is 0. The average Bonchev–Trinajstić information content (AvgIpc) is 2.46. The molecule has 0 aliphatic carbocycles. The number of aliphatic hydroxyl groups excluding tert-OH is 1. The Labute approximate surface area is 129 Å². The molecule has 0 aromatic heterocycles. The standard InChI is InChI=1S/C16H18FNO3S/c17-15-8-4-7-14(9-15)12-22(20,21)18-11-16(19)10-13-5-2-1-3-6-13/h1-9,16,18-19H,10-12H2. The van der Waals surface area contributed by atoms with Crippen LogP contribution >= 0.6 is 0 Å². The van der Waals surface area contributed by atoms with Gasteiger partial charge in [0.1, 0.15) is 5.82 Å². The van der Waals surface area contributed by atoms with Gasteiger partial charge in [-0.25, -0.2) is 17.5 Å². The van der Waals surface area contributed by atoms with E-state index in [1.165, 1.54) is 18.2 Å². The van der Waals surface area contributed by atoms with Gasteiger partial charge in [0.05, 0.1) is 11.9 Å². The molecule has 0 heterocycles. The van der Waals surface area contributed by atoms with E-state index >= 15 is 0 Å².